The van der Waals surface area contributed by atoms with Crippen LogP contribution in [-0.2, 0) is 9.53 Å². The fraction of sp³-hybridized carbons (Fsp3) is 0.583. The van der Waals surface area contributed by atoms with Gasteiger partial charge in [-0.2, -0.15) is 4.39 Å². The van der Waals surface area contributed by atoms with Gasteiger partial charge in [-0.15, -0.1) is 0 Å². The Bertz CT molecular complexity index is 625. The van der Waals surface area contributed by atoms with Gasteiger partial charge in [0.2, 0.25) is 5.82 Å². The highest BCUT2D eigenvalue weighted by Crippen LogP contribution is 2.31. The highest BCUT2D eigenvalue weighted by atomic mass is 19.1. The van der Waals surface area contributed by atoms with Crippen molar-refractivity contribution in [2.45, 2.75) is 26.0 Å². The first kappa shape index (κ1) is 17.1. The van der Waals surface area contributed by atoms with Crippen molar-refractivity contribution in [2.24, 2.45) is 5.41 Å². The van der Waals surface area contributed by atoms with Crippen molar-refractivity contribution in [3.8, 4) is 0 Å². The number of methoxy groups -OCH3 is 1. The van der Waals surface area contributed by atoms with E-state index >= 15 is 0 Å². The number of aromatic nitrogens is 2. The standard InChI is InChI=1S/C12H17FN2O6/c1-12(3-4-16,10(19)21-2)5-8(17)15-6-7(13)9(18)14-11(15)20/h6,8,16-17H,3-5H2,1-2H3,(H,14,18,20)/t8-,12+/m1/s1. The van der Waals surface area contributed by atoms with Crippen molar-refractivity contribution in [1.29, 1.82) is 0 Å². The Morgan fingerprint density at radius 3 is 2.71 bits per heavy atom. The van der Waals surface area contributed by atoms with Crippen LogP contribution in [0.1, 0.15) is 26.0 Å². The Kier molecular flexibility index (Phi) is 5.39. The number of carbonyl (C=O) groups is 1. The molecule has 0 saturated carbocycles. The van der Waals surface area contributed by atoms with E-state index in [1.807, 2.05) is 0 Å². The fourth-order valence-corrected chi connectivity index (χ4v) is 1.96. The molecule has 8 nitrogen and oxygen atoms in total. The Labute approximate surface area is 118 Å². The molecule has 0 aromatic carbocycles. The monoisotopic (exact) mass is 304 g/mol. The number of aromatic amines is 1. The molecule has 118 valence electrons. The summed E-state index contributed by atoms with van der Waals surface area (Å²) >= 11 is 0. The summed E-state index contributed by atoms with van der Waals surface area (Å²) in [6.07, 6.45) is -1.33. The number of halogens is 1. The molecule has 0 aliphatic rings. The topological polar surface area (TPSA) is 122 Å². The summed E-state index contributed by atoms with van der Waals surface area (Å²) in [5.41, 5.74) is -3.48. The normalized spacial score (nSPS) is 15.3. The average molecular weight is 304 g/mol. The van der Waals surface area contributed by atoms with Crippen molar-refractivity contribution < 1.29 is 24.1 Å². The number of nitrogens with one attached hydrogen (secondary N) is 1. The lowest BCUT2D eigenvalue weighted by Crippen LogP contribution is -2.38. The molecule has 0 saturated heterocycles. The number of nitrogens with zero attached hydrogens (tertiary/aromatic N) is 1. The first-order valence-electron chi connectivity index (χ1n) is 6.13. The number of aliphatic hydroxyl groups is 2. The molecular formula is C12H17FN2O6. The third kappa shape index (κ3) is 3.76. The van der Waals surface area contributed by atoms with Gasteiger partial charge in [0.25, 0.3) is 5.56 Å². The number of aliphatic hydroxyl groups excluding tert-OH is 2. The van der Waals surface area contributed by atoms with Crippen molar-refractivity contribution in [2.75, 3.05) is 13.7 Å². The molecule has 1 rings (SSSR count). The Morgan fingerprint density at radius 1 is 1.57 bits per heavy atom. The van der Waals surface area contributed by atoms with E-state index in [0.29, 0.717) is 10.8 Å². The average Bonchev–Trinajstić information content (AvgIpc) is 2.41. The summed E-state index contributed by atoms with van der Waals surface area (Å²) in [5, 5.41) is 19.0. The minimum absolute atomic E-state index is 0.0165. The lowest BCUT2D eigenvalue weighted by atomic mass is 9.83. The van der Waals surface area contributed by atoms with E-state index in [1.165, 1.54) is 6.92 Å². The number of ether oxygens (including phenoxy) is 1. The third-order valence-corrected chi connectivity index (χ3v) is 3.22. The molecule has 0 aliphatic carbocycles. The minimum atomic E-state index is -1.57. The maximum Gasteiger partial charge on any atom is 0.330 e. The quantitative estimate of drug-likeness (QED) is 0.587. The summed E-state index contributed by atoms with van der Waals surface area (Å²) in [4.78, 5) is 35.9. The zero-order chi connectivity index (χ0) is 16.2. The number of carbonyl (C=O) groups excluding carboxylic acids is 1. The zero-order valence-electron chi connectivity index (χ0n) is 11.6. The van der Waals surface area contributed by atoms with Crippen LogP contribution in [-0.4, -0.2) is 39.5 Å². The zero-order valence-corrected chi connectivity index (χ0v) is 11.6. The van der Waals surface area contributed by atoms with E-state index in [2.05, 4.69) is 4.74 Å². The third-order valence-electron chi connectivity index (χ3n) is 3.22. The highest BCUT2D eigenvalue weighted by molar-refractivity contribution is 5.76. The Morgan fingerprint density at radius 2 is 2.19 bits per heavy atom. The van der Waals surface area contributed by atoms with Crippen LogP contribution >= 0.6 is 0 Å². The van der Waals surface area contributed by atoms with Crippen LogP contribution in [0.4, 0.5) is 4.39 Å². The molecule has 9 heteroatoms. The number of rotatable bonds is 6. The smallest absolute Gasteiger partial charge is 0.330 e. The van der Waals surface area contributed by atoms with Gasteiger partial charge in [-0.3, -0.25) is 19.1 Å². The molecule has 0 amide bonds. The lowest BCUT2D eigenvalue weighted by molar-refractivity contribution is -0.155. The molecule has 0 fully saturated rings. The van der Waals surface area contributed by atoms with Crippen molar-refractivity contribution in [1.82, 2.24) is 9.55 Å². The summed E-state index contributed by atoms with van der Waals surface area (Å²) in [5.74, 6) is -1.93. The number of hydrogen-bond acceptors (Lipinski definition) is 6. The second-order valence-electron chi connectivity index (χ2n) is 4.85. The SMILES string of the molecule is COC(=O)[C@@](C)(CCO)C[C@@H](O)n1cc(F)c(=O)[nH]c1=O. The molecule has 0 spiro atoms. The van der Waals surface area contributed by atoms with E-state index in [-0.39, 0.29) is 19.4 Å². The molecule has 1 aromatic rings. The van der Waals surface area contributed by atoms with Crippen LogP contribution in [0.15, 0.2) is 15.8 Å². The second kappa shape index (κ2) is 6.64. The van der Waals surface area contributed by atoms with Gasteiger partial charge < -0.3 is 14.9 Å². The first-order valence-corrected chi connectivity index (χ1v) is 6.13. The largest absolute Gasteiger partial charge is 0.469 e. The predicted octanol–water partition coefficient (Wildman–Crippen LogP) is -0.882. The van der Waals surface area contributed by atoms with Gasteiger partial charge in [0.1, 0.15) is 6.23 Å². The molecule has 2 atom stereocenters. The molecule has 1 heterocycles. The van der Waals surface area contributed by atoms with Gasteiger partial charge in [0, 0.05) is 13.0 Å². The highest BCUT2D eigenvalue weighted by Gasteiger charge is 2.37. The van der Waals surface area contributed by atoms with Gasteiger partial charge in [-0.1, -0.05) is 0 Å². The summed E-state index contributed by atoms with van der Waals surface area (Å²) in [6, 6.07) is 0. The fourth-order valence-electron chi connectivity index (χ4n) is 1.96. The van der Waals surface area contributed by atoms with Crippen LogP contribution < -0.4 is 11.2 Å². The van der Waals surface area contributed by atoms with Gasteiger partial charge in [0.05, 0.1) is 18.7 Å². The maximum atomic E-state index is 13.2. The lowest BCUT2D eigenvalue weighted by Gasteiger charge is -2.28. The minimum Gasteiger partial charge on any atom is -0.469 e. The van der Waals surface area contributed by atoms with Gasteiger partial charge in [-0.05, 0) is 13.3 Å². The maximum absolute atomic E-state index is 13.2. The Balaban J connectivity index is 3.11. The molecule has 1 aromatic heterocycles. The molecule has 0 bridgehead atoms. The Hall–Kier alpha value is -2.00. The summed E-state index contributed by atoms with van der Waals surface area (Å²) < 4.78 is 18.3. The second-order valence-corrected chi connectivity index (χ2v) is 4.85. The van der Waals surface area contributed by atoms with E-state index < -0.39 is 34.7 Å². The molecule has 0 unspecified atom stereocenters. The van der Waals surface area contributed by atoms with E-state index in [0.717, 1.165) is 7.11 Å². The molecule has 0 radical (unpaired) electrons. The molecule has 21 heavy (non-hydrogen) atoms. The molecular weight excluding hydrogens is 287 g/mol. The van der Waals surface area contributed by atoms with Crippen LogP contribution in [0.5, 0.6) is 0 Å². The van der Waals surface area contributed by atoms with Gasteiger partial charge in [0.15, 0.2) is 0 Å². The van der Waals surface area contributed by atoms with Gasteiger partial charge >= 0.3 is 11.7 Å². The number of esters is 1. The van der Waals surface area contributed by atoms with Crippen LogP contribution in [0.3, 0.4) is 0 Å². The van der Waals surface area contributed by atoms with E-state index in [1.54, 1.807) is 4.98 Å². The van der Waals surface area contributed by atoms with Crippen LogP contribution in [0.2, 0.25) is 0 Å². The van der Waals surface area contributed by atoms with Gasteiger partial charge in [-0.25, -0.2) is 4.79 Å². The first-order chi connectivity index (χ1) is 9.75. The van der Waals surface area contributed by atoms with Crippen molar-refractivity contribution in [3.05, 3.63) is 32.9 Å². The molecule has 0 aliphatic heterocycles. The van der Waals surface area contributed by atoms with E-state index in [9.17, 15) is 23.9 Å². The number of H-pyrrole nitrogens is 1. The van der Waals surface area contributed by atoms with Crippen molar-refractivity contribution >= 4 is 5.97 Å². The molecule has 3 N–H and O–H groups in total. The predicted molar refractivity (Wildman–Crippen MR) is 69.0 cm³/mol. The van der Waals surface area contributed by atoms with Crippen LogP contribution in [0, 0.1) is 11.2 Å². The van der Waals surface area contributed by atoms with E-state index in [4.69, 9.17) is 5.11 Å². The van der Waals surface area contributed by atoms with Crippen LogP contribution in [0.25, 0.3) is 0 Å². The van der Waals surface area contributed by atoms with Crippen molar-refractivity contribution in [3.63, 3.8) is 0 Å². The number of hydrogen-bond donors (Lipinski definition) is 3. The summed E-state index contributed by atoms with van der Waals surface area (Å²) in [6.45, 7) is 1.10. The summed E-state index contributed by atoms with van der Waals surface area (Å²) in [7, 11) is 1.15.